The van der Waals surface area contributed by atoms with Gasteiger partial charge in [0, 0.05) is 32.2 Å². The fourth-order valence-corrected chi connectivity index (χ4v) is 4.14. The molecule has 1 aliphatic heterocycles. The van der Waals surface area contributed by atoms with Crippen LogP contribution in [0.2, 0.25) is 0 Å². The van der Waals surface area contributed by atoms with Crippen LogP contribution in [0.1, 0.15) is 43.5 Å². The highest BCUT2D eigenvalue weighted by Crippen LogP contribution is 2.34. The van der Waals surface area contributed by atoms with Gasteiger partial charge in [-0.1, -0.05) is 19.3 Å². The van der Waals surface area contributed by atoms with Gasteiger partial charge in [-0.2, -0.15) is 5.10 Å². The van der Waals surface area contributed by atoms with Crippen LogP contribution in [0.4, 0.5) is 5.69 Å². The zero-order chi connectivity index (χ0) is 16.4. The molecule has 0 bridgehead atoms. The molecule has 1 saturated carbocycles. The van der Waals surface area contributed by atoms with E-state index in [1.165, 1.54) is 32.1 Å². The average molecular weight is 319 g/mol. The largest absolute Gasteiger partial charge is 0.322 e. The zero-order valence-corrected chi connectivity index (χ0v) is 14.6. The number of rotatable bonds is 3. The molecule has 128 valence electrons. The van der Waals surface area contributed by atoms with Crippen molar-refractivity contribution in [2.45, 2.75) is 51.5 Å². The lowest BCUT2D eigenvalue weighted by atomic mass is 9.79. The number of carbonyl (C=O) groups excluding carboxylic acids is 1. The van der Waals surface area contributed by atoms with Crippen molar-refractivity contribution >= 4 is 11.6 Å². The van der Waals surface area contributed by atoms with E-state index < -0.39 is 0 Å². The van der Waals surface area contributed by atoms with E-state index >= 15 is 0 Å². The molecule has 23 heavy (non-hydrogen) atoms. The number of hydrogen-bond acceptors (Lipinski definition) is 4. The minimum atomic E-state index is 0.0797. The highest BCUT2D eigenvalue weighted by Gasteiger charge is 2.40. The summed E-state index contributed by atoms with van der Waals surface area (Å²) in [6, 6.07) is 0. The second-order valence-electron chi connectivity index (χ2n) is 7.10. The summed E-state index contributed by atoms with van der Waals surface area (Å²) in [5.41, 5.74) is 2.94. The SMILES string of the molecule is Cc1nn(C)c(C)c1NC(=O)CN1CCNCC12CCCCC2. The molecule has 2 aliphatic rings. The molecule has 1 aliphatic carbocycles. The molecule has 0 radical (unpaired) electrons. The lowest BCUT2D eigenvalue weighted by molar-refractivity contribution is -0.120. The minimum Gasteiger partial charge on any atom is -0.322 e. The van der Waals surface area contributed by atoms with Crippen molar-refractivity contribution in [3.05, 3.63) is 11.4 Å². The first-order valence-corrected chi connectivity index (χ1v) is 8.78. The van der Waals surface area contributed by atoms with E-state index in [9.17, 15) is 4.79 Å². The van der Waals surface area contributed by atoms with E-state index in [1.807, 2.05) is 25.6 Å². The fourth-order valence-electron chi connectivity index (χ4n) is 4.14. The normalized spacial score (nSPS) is 21.5. The van der Waals surface area contributed by atoms with Crippen LogP contribution >= 0.6 is 0 Å². The first kappa shape index (κ1) is 16.5. The third-order valence-electron chi connectivity index (χ3n) is 5.58. The summed E-state index contributed by atoms with van der Waals surface area (Å²) >= 11 is 0. The second-order valence-corrected chi connectivity index (χ2v) is 7.10. The number of aryl methyl sites for hydroxylation is 2. The predicted octanol–water partition coefficient (Wildman–Crippen LogP) is 1.58. The van der Waals surface area contributed by atoms with E-state index in [4.69, 9.17) is 0 Å². The van der Waals surface area contributed by atoms with E-state index in [2.05, 4.69) is 20.6 Å². The summed E-state index contributed by atoms with van der Waals surface area (Å²) in [6.07, 6.45) is 6.30. The summed E-state index contributed by atoms with van der Waals surface area (Å²) in [7, 11) is 1.91. The average Bonchev–Trinajstić information content (AvgIpc) is 2.77. The number of nitrogens with zero attached hydrogens (tertiary/aromatic N) is 3. The molecule has 2 heterocycles. The van der Waals surface area contributed by atoms with E-state index in [1.54, 1.807) is 0 Å². The quantitative estimate of drug-likeness (QED) is 0.888. The molecule has 1 aromatic rings. The zero-order valence-electron chi connectivity index (χ0n) is 14.6. The number of carbonyl (C=O) groups is 1. The molecular formula is C17H29N5O. The summed E-state index contributed by atoms with van der Waals surface area (Å²) in [5.74, 6) is 0.0797. The lowest BCUT2D eigenvalue weighted by Gasteiger charge is -2.49. The van der Waals surface area contributed by atoms with Crippen molar-refractivity contribution in [2.75, 3.05) is 31.5 Å². The Labute approximate surface area is 138 Å². The van der Waals surface area contributed by atoms with Crippen LogP contribution < -0.4 is 10.6 Å². The Kier molecular flexibility index (Phi) is 4.73. The molecule has 0 aromatic carbocycles. The van der Waals surface area contributed by atoms with Crippen molar-refractivity contribution in [3.63, 3.8) is 0 Å². The highest BCUT2D eigenvalue weighted by atomic mass is 16.2. The van der Waals surface area contributed by atoms with E-state index in [0.717, 1.165) is 36.7 Å². The summed E-state index contributed by atoms with van der Waals surface area (Å²) in [4.78, 5) is 15.0. The van der Waals surface area contributed by atoms with E-state index in [-0.39, 0.29) is 11.4 Å². The summed E-state index contributed by atoms with van der Waals surface area (Å²) in [6.45, 7) is 7.36. The molecule has 3 rings (SSSR count). The number of aromatic nitrogens is 2. The van der Waals surface area contributed by atoms with Crippen LogP contribution in [0.15, 0.2) is 0 Å². The molecular weight excluding hydrogens is 290 g/mol. The Bertz CT molecular complexity index is 566. The minimum absolute atomic E-state index is 0.0797. The second kappa shape index (κ2) is 6.61. The molecule has 2 fully saturated rings. The number of hydrogen-bond donors (Lipinski definition) is 2. The maximum Gasteiger partial charge on any atom is 0.238 e. The Balaban J connectivity index is 1.68. The Morgan fingerprint density at radius 3 is 2.70 bits per heavy atom. The first-order chi connectivity index (χ1) is 11.0. The van der Waals surface area contributed by atoms with Gasteiger partial charge in [0.1, 0.15) is 0 Å². The molecule has 0 atom stereocenters. The molecule has 1 saturated heterocycles. The molecule has 6 heteroatoms. The van der Waals surface area contributed by atoms with Crippen LogP contribution in [0, 0.1) is 13.8 Å². The Morgan fingerprint density at radius 2 is 2.04 bits per heavy atom. The molecule has 1 amide bonds. The predicted molar refractivity (Wildman–Crippen MR) is 91.6 cm³/mol. The molecule has 0 unspecified atom stereocenters. The summed E-state index contributed by atoms with van der Waals surface area (Å²) in [5, 5.41) is 11.0. The highest BCUT2D eigenvalue weighted by molar-refractivity contribution is 5.93. The molecule has 1 spiro atoms. The first-order valence-electron chi connectivity index (χ1n) is 8.78. The van der Waals surface area contributed by atoms with Crippen LogP contribution in [0.5, 0.6) is 0 Å². The van der Waals surface area contributed by atoms with Gasteiger partial charge in [-0.15, -0.1) is 0 Å². The number of amides is 1. The number of nitrogens with one attached hydrogen (secondary N) is 2. The summed E-state index contributed by atoms with van der Waals surface area (Å²) < 4.78 is 1.82. The topological polar surface area (TPSA) is 62.2 Å². The number of anilines is 1. The maximum absolute atomic E-state index is 12.6. The third kappa shape index (κ3) is 3.28. The van der Waals surface area contributed by atoms with Gasteiger partial charge in [0.25, 0.3) is 0 Å². The van der Waals surface area contributed by atoms with E-state index in [0.29, 0.717) is 6.54 Å². The Morgan fingerprint density at radius 1 is 1.30 bits per heavy atom. The van der Waals surface area contributed by atoms with Crippen molar-refractivity contribution in [1.82, 2.24) is 20.0 Å². The third-order valence-corrected chi connectivity index (χ3v) is 5.58. The maximum atomic E-state index is 12.6. The van der Waals surface area contributed by atoms with Gasteiger partial charge in [0.2, 0.25) is 5.91 Å². The van der Waals surface area contributed by atoms with Gasteiger partial charge in [-0.05, 0) is 26.7 Å². The Hall–Kier alpha value is -1.40. The van der Waals surface area contributed by atoms with Crippen LogP contribution in [0.25, 0.3) is 0 Å². The standard InChI is InChI=1S/C17H29N5O/c1-13-16(14(2)21(3)20-13)19-15(23)11-22-10-9-18-12-17(22)7-5-4-6-8-17/h18H,4-12H2,1-3H3,(H,19,23). The van der Waals surface area contributed by atoms with Gasteiger partial charge in [0.05, 0.1) is 23.6 Å². The molecule has 6 nitrogen and oxygen atoms in total. The van der Waals surface area contributed by atoms with Crippen molar-refractivity contribution < 1.29 is 4.79 Å². The number of piperazine rings is 1. The molecule has 2 N–H and O–H groups in total. The van der Waals surface area contributed by atoms with Crippen molar-refractivity contribution in [2.24, 2.45) is 7.05 Å². The van der Waals surface area contributed by atoms with Gasteiger partial charge in [-0.3, -0.25) is 14.4 Å². The van der Waals surface area contributed by atoms with Crippen LogP contribution in [-0.2, 0) is 11.8 Å². The fraction of sp³-hybridized carbons (Fsp3) is 0.765. The van der Waals surface area contributed by atoms with Gasteiger partial charge >= 0.3 is 0 Å². The smallest absolute Gasteiger partial charge is 0.238 e. The lowest BCUT2D eigenvalue weighted by Crippen LogP contribution is -2.63. The van der Waals surface area contributed by atoms with Crippen LogP contribution in [0.3, 0.4) is 0 Å². The van der Waals surface area contributed by atoms with Gasteiger partial charge in [-0.25, -0.2) is 0 Å². The van der Waals surface area contributed by atoms with Crippen LogP contribution in [-0.4, -0.2) is 52.3 Å². The molecule has 1 aromatic heterocycles. The van der Waals surface area contributed by atoms with Gasteiger partial charge in [0.15, 0.2) is 0 Å². The van der Waals surface area contributed by atoms with Crippen molar-refractivity contribution in [3.8, 4) is 0 Å². The van der Waals surface area contributed by atoms with Crippen molar-refractivity contribution in [1.29, 1.82) is 0 Å². The monoisotopic (exact) mass is 319 g/mol. The van der Waals surface area contributed by atoms with Gasteiger partial charge < -0.3 is 10.6 Å².